The second-order valence-electron chi connectivity index (χ2n) is 3.22. The van der Waals surface area contributed by atoms with Gasteiger partial charge in [-0.3, -0.25) is 4.99 Å². The number of hydrogen-bond donors (Lipinski definition) is 2. The Balaban J connectivity index is 2.54. The summed E-state index contributed by atoms with van der Waals surface area (Å²) in [5.41, 5.74) is 11.7. The van der Waals surface area contributed by atoms with Crippen LogP contribution in [0.4, 0.5) is 5.69 Å². The third-order valence-corrected chi connectivity index (χ3v) is 2.17. The fraction of sp³-hybridized carbons (Fsp3) is 0.364. The van der Waals surface area contributed by atoms with Gasteiger partial charge in [-0.1, -0.05) is 18.2 Å². The van der Waals surface area contributed by atoms with Crippen molar-refractivity contribution in [1.82, 2.24) is 0 Å². The maximum atomic E-state index is 5.27. The number of benzene rings is 1. The minimum absolute atomic E-state index is 0.152. The van der Waals surface area contributed by atoms with Crippen LogP contribution >= 0.6 is 0 Å². The Morgan fingerprint density at radius 2 is 1.93 bits per heavy atom. The fourth-order valence-corrected chi connectivity index (χ4v) is 1.41. The van der Waals surface area contributed by atoms with Gasteiger partial charge in [-0.2, -0.15) is 0 Å². The highest BCUT2D eigenvalue weighted by atomic mass is 15.1. The van der Waals surface area contributed by atoms with Gasteiger partial charge in [0.2, 0.25) is 0 Å². The van der Waals surface area contributed by atoms with Crippen molar-refractivity contribution < 1.29 is 0 Å². The summed E-state index contributed by atoms with van der Waals surface area (Å²) < 4.78 is 0. The lowest BCUT2D eigenvalue weighted by molar-refractivity contribution is 0.816. The molecule has 0 spiro atoms. The highest BCUT2D eigenvalue weighted by Gasteiger charge is 2.01. The zero-order valence-corrected chi connectivity index (χ0v) is 9.06. The van der Waals surface area contributed by atoms with E-state index in [0.29, 0.717) is 6.54 Å². The number of rotatable bonds is 5. The van der Waals surface area contributed by atoms with Crippen molar-refractivity contribution >= 4 is 11.6 Å². The van der Waals surface area contributed by atoms with E-state index in [2.05, 4.69) is 28.9 Å². The summed E-state index contributed by atoms with van der Waals surface area (Å²) in [5.74, 6) is 0.152. The Morgan fingerprint density at radius 1 is 1.27 bits per heavy atom. The van der Waals surface area contributed by atoms with Crippen molar-refractivity contribution in [3.63, 3.8) is 0 Å². The first-order valence-corrected chi connectivity index (χ1v) is 5.09. The van der Waals surface area contributed by atoms with E-state index in [4.69, 9.17) is 11.5 Å². The average molecular weight is 206 g/mol. The van der Waals surface area contributed by atoms with Gasteiger partial charge in [0.1, 0.15) is 0 Å². The van der Waals surface area contributed by atoms with E-state index in [-0.39, 0.29) is 5.96 Å². The average Bonchev–Trinajstić information content (AvgIpc) is 2.25. The first-order valence-electron chi connectivity index (χ1n) is 5.09. The van der Waals surface area contributed by atoms with Gasteiger partial charge in [0.25, 0.3) is 0 Å². The maximum Gasteiger partial charge on any atom is 0.185 e. The normalized spacial score (nSPS) is 9.67. The number of aliphatic imine (C=N–C) groups is 1. The zero-order chi connectivity index (χ0) is 11.1. The maximum absolute atomic E-state index is 5.27. The number of nitrogens with zero attached hydrogens (tertiary/aromatic N) is 2. The molecule has 0 bridgehead atoms. The van der Waals surface area contributed by atoms with Crippen LogP contribution in [0.2, 0.25) is 0 Å². The Hall–Kier alpha value is -1.71. The number of nitrogens with two attached hydrogens (primary N) is 2. The molecule has 4 heteroatoms. The van der Waals surface area contributed by atoms with Crippen molar-refractivity contribution in [1.29, 1.82) is 0 Å². The van der Waals surface area contributed by atoms with Gasteiger partial charge in [0.15, 0.2) is 5.96 Å². The summed E-state index contributed by atoms with van der Waals surface area (Å²) in [5, 5.41) is 0. The molecule has 0 aliphatic heterocycles. The van der Waals surface area contributed by atoms with Crippen LogP contribution in [-0.2, 0) is 0 Å². The molecule has 0 heterocycles. The zero-order valence-electron chi connectivity index (χ0n) is 9.06. The number of para-hydroxylation sites is 1. The molecule has 0 radical (unpaired) electrons. The first-order chi connectivity index (χ1) is 7.24. The molecule has 0 aromatic heterocycles. The molecule has 1 aromatic carbocycles. The van der Waals surface area contributed by atoms with E-state index >= 15 is 0 Å². The summed E-state index contributed by atoms with van der Waals surface area (Å²) in [6, 6.07) is 10.2. The molecular formula is C11H18N4. The number of likely N-dealkylation sites (N-methyl/N-ethyl adjacent to an activating group) is 1. The van der Waals surface area contributed by atoms with Gasteiger partial charge in [-0.25, -0.2) is 0 Å². The molecule has 1 aromatic rings. The third-order valence-electron chi connectivity index (χ3n) is 2.17. The lowest BCUT2D eigenvalue weighted by Crippen LogP contribution is -2.28. The minimum Gasteiger partial charge on any atom is -0.370 e. The number of anilines is 1. The van der Waals surface area contributed by atoms with Crippen molar-refractivity contribution in [2.24, 2.45) is 16.5 Å². The highest BCUT2D eigenvalue weighted by molar-refractivity contribution is 5.75. The molecule has 0 saturated heterocycles. The molecule has 4 N–H and O–H groups in total. The van der Waals surface area contributed by atoms with Crippen LogP contribution < -0.4 is 16.4 Å². The topological polar surface area (TPSA) is 67.6 Å². The van der Waals surface area contributed by atoms with E-state index in [1.54, 1.807) is 0 Å². The van der Waals surface area contributed by atoms with E-state index in [1.165, 1.54) is 5.69 Å². The monoisotopic (exact) mass is 206 g/mol. The van der Waals surface area contributed by atoms with Crippen molar-refractivity contribution in [2.75, 3.05) is 24.5 Å². The van der Waals surface area contributed by atoms with Crippen LogP contribution in [0.15, 0.2) is 35.3 Å². The standard InChI is InChI=1S/C11H18N4/c1-2-15(9-8-14-11(12)13)10-6-4-3-5-7-10/h3-7H,2,8-9H2,1H3,(H4,12,13,14). The quantitative estimate of drug-likeness (QED) is 0.553. The molecule has 0 fully saturated rings. The van der Waals surface area contributed by atoms with Gasteiger partial charge in [-0.15, -0.1) is 0 Å². The molecule has 82 valence electrons. The Labute approximate surface area is 90.6 Å². The molecular weight excluding hydrogens is 188 g/mol. The molecule has 0 unspecified atom stereocenters. The summed E-state index contributed by atoms with van der Waals surface area (Å²) in [4.78, 5) is 6.20. The van der Waals surface area contributed by atoms with E-state index in [9.17, 15) is 0 Å². The summed E-state index contributed by atoms with van der Waals surface area (Å²) in [6.45, 7) is 4.52. The van der Waals surface area contributed by atoms with Crippen LogP contribution in [-0.4, -0.2) is 25.6 Å². The Kier molecular flexibility index (Phi) is 4.47. The predicted octanol–water partition coefficient (Wildman–Crippen LogP) is 0.786. The van der Waals surface area contributed by atoms with Gasteiger partial charge in [0, 0.05) is 18.8 Å². The fourth-order valence-electron chi connectivity index (χ4n) is 1.41. The van der Waals surface area contributed by atoms with Crippen LogP contribution in [0.3, 0.4) is 0 Å². The molecule has 0 aliphatic rings. The van der Waals surface area contributed by atoms with Crippen molar-refractivity contribution in [2.45, 2.75) is 6.92 Å². The van der Waals surface area contributed by atoms with Crippen molar-refractivity contribution in [3.05, 3.63) is 30.3 Å². The second kappa shape index (κ2) is 5.90. The second-order valence-corrected chi connectivity index (χ2v) is 3.22. The first kappa shape index (κ1) is 11.4. The summed E-state index contributed by atoms with van der Waals surface area (Å²) in [6.07, 6.45) is 0. The largest absolute Gasteiger partial charge is 0.370 e. The molecule has 15 heavy (non-hydrogen) atoms. The predicted molar refractivity (Wildman–Crippen MR) is 65.0 cm³/mol. The van der Waals surface area contributed by atoms with Gasteiger partial charge in [-0.05, 0) is 19.1 Å². The van der Waals surface area contributed by atoms with Gasteiger partial charge in [0.05, 0.1) is 6.54 Å². The summed E-state index contributed by atoms with van der Waals surface area (Å²) in [7, 11) is 0. The van der Waals surface area contributed by atoms with Crippen LogP contribution in [0.1, 0.15) is 6.92 Å². The smallest absolute Gasteiger partial charge is 0.185 e. The lowest BCUT2D eigenvalue weighted by atomic mass is 10.3. The Morgan fingerprint density at radius 3 is 2.47 bits per heavy atom. The molecule has 0 saturated carbocycles. The molecule has 4 nitrogen and oxygen atoms in total. The van der Waals surface area contributed by atoms with Gasteiger partial charge >= 0.3 is 0 Å². The van der Waals surface area contributed by atoms with Crippen LogP contribution in [0, 0.1) is 0 Å². The number of guanidine groups is 1. The third kappa shape index (κ3) is 3.89. The van der Waals surface area contributed by atoms with Crippen LogP contribution in [0.5, 0.6) is 0 Å². The molecule has 0 aliphatic carbocycles. The highest BCUT2D eigenvalue weighted by Crippen LogP contribution is 2.11. The minimum atomic E-state index is 0.152. The SMILES string of the molecule is CCN(CCN=C(N)N)c1ccccc1. The Bertz CT molecular complexity index is 304. The van der Waals surface area contributed by atoms with E-state index in [0.717, 1.165) is 13.1 Å². The number of hydrogen-bond acceptors (Lipinski definition) is 2. The van der Waals surface area contributed by atoms with Gasteiger partial charge < -0.3 is 16.4 Å². The van der Waals surface area contributed by atoms with Crippen LogP contribution in [0.25, 0.3) is 0 Å². The lowest BCUT2D eigenvalue weighted by Gasteiger charge is -2.21. The molecule has 1 rings (SSSR count). The molecule has 0 atom stereocenters. The van der Waals surface area contributed by atoms with E-state index in [1.807, 2.05) is 18.2 Å². The molecule has 0 amide bonds. The van der Waals surface area contributed by atoms with E-state index < -0.39 is 0 Å². The van der Waals surface area contributed by atoms with Crippen molar-refractivity contribution in [3.8, 4) is 0 Å². The summed E-state index contributed by atoms with van der Waals surface area (Å²) >= 11 is 0.